The predicted molar refractivity (Wildman–Crippen MR) is 235 cm³/mol. The van der Waals surface area contributed by atoms with Crippen molar-refractivity contribution in [2.45, 2.75) is 89.5 Å². The van der Waals surface area contributed by atoms with E-state index in [1.807, 2.05) is 60.7 Å². The number of carbonyl (C=O) groups excluding carboxylic acids is 8. The number of benzene rings is 2. The SMILES string of the molecule is COC(=O)[C@H](CCCCCC(=O)COCC(=O)O)NC(=O)COCC(=O)O.COC(=O)[C@H](CCCCCC(=O)COCC(=O)OCc1ccccc1)NC(=O)COCC(=O)OCc1ccccc1. The molecule has 2 aromatic rings. The monoisotopic (exact) mass is 962 g/mol. The van der Waals surface area contributed by atoms with Gasteiger partial charge in [0, 0.05) is 12.8 Å². The molecule has 2 atom stereocenters. The van der Waals surface area contributed by atoms with Crippen LogP contribution in [0.25, 0.3) is 0 Å². The van der Waals surface area contributed by atoms with E-state index < -0.39 is 92.7 Å². The summed E-state index contributed by atoms with van der Waals surface area (Å²) in [7, 11) is 2.40. The molecule has 2 aromatic carbocycles. The number of methoxy groups -OCH3 is 2. The predicted octanol–water partition coefficient (Wildman–Crippen LogP) is 2.05. The standard InChI is InChI=1S/C30H37NO10.C16H25NO10/c1-37-30(36)26(31-27(33)20-39-22-29(35)41-18-24-13-7-3-8-14-24)16-10-4-9-15-25(32)19-38-21-28(34)40-17-23-11-5-2-6-12-23;1-25-16(24)12(17-13(19)8-27-10-15(22)23)6-4-2-3-5-11(18)7-26-9-14(20)21/h2-3,5-8,11-14,26H,4,9-10,15-22H2,1H3,(H,31,33);12H,2-10H2,1H3,(H,17,19)(H,20,21)(H,22,23)/t26-;12-/m00/s1. The normalized spacial score (nSPS) is 11.3. The lowest BCUT2D eigenvalue weighted by atomic mass is 10.1. The Bertz CT molecular complexity index is 1860. The van der Waals surface area contributed by atoms with Crippen LogP contribution in [0.4, 0.5) is 0 Å². The van der Waals surface area contributed by atoms with Crippen LogP contribution in [-0.4, -0.2) is 149 Å². The van der Waals surface area contributed by atoms with Gasteiger partial charge in [0.2, 0.25) is 11.8 Å². The number of esters is 4. The van der Waals surface area contributed by atoms with E-state index in [1.165, 1.54) is 14.2 Å². The van der Waals surface area contributed by atoms with Gasteiger partial charge < -0.3 is 58.7 Å². The highest BCUT2D eigenvalue weighted by molar-refractivity contribution is 5.86. The fourth-order valence-electron chi connectivity index (χ4n) is 5.61. The molecule has 0 unspecified atom stereocenters. The number of ether oxygens (including phenoxy) is 8. The molecule has 376 valence electrons. The van der Waals surface area contributed by atoms with Gasteiger partial charge in [-0.3, -0.25) is 19.2 Å². The van der Waals surface area contributed by atoms with Crippen molar-refractivity contribution >= 4 is 59.2 Å². The Morgan fingerprint density at radius 1 is 0.456 bits per heavy atom. The van der Waals surface area contributed by atoms with Crippen molar-refractivity contribution in [2.24, 2.45) is 0 Å². The molecule has 68 heavy (non-hydrogen) atoms. The summed E-state index contributed by atoms with van der Waals surface area (Å²) in [4.78, 5) is 115. The Morgan fingerprint density at radius 3 is 1.18 bits per heavy atom. The first-order valence-corrected chi connectivity index (χ1v) is 21.5. The fourth-order valence-corrected chi connectivity index (χ4v) is 5.61. The van der Waals surface area contributed by atoms with Crippen LogP contribution >= 0.6 is 0 Å². The van der Waals surface area contributed by atoms with Gasteiger partial charge in [-0.25, -0.2) is 28.8 Å². The summed E-state index contributed by atoms with van der Waals surface area (Å²) in [5.41, 5.74) is 1.69. The number of hydrogen-bond acceptors (Lipinski definition) is 18. The van der Waals surface area contributed by atoms with Crippen molar-refractivity contribution in [3.05, 3.63) is 71.8 Å². The van der Waals surface area contributed by atoms with Crippen LogP contribution in [0.2, 0.25) is 0 Å². The van der Waals surface area contributed by atoms with Crippen LogP contribution in [0.3, 0.4) is 0 Å². The third kappa shape index (κ3) is 32.1. The number of hydrogen-bond donors (Lipinski definition) is 4. The zero-order valence-corrected chi connectivity index (χ0v) is 38.3. The van der Waals surface area contributed by atoms with Crippen LogP contribution < -0.4 is 10.6 Å². The van der Waals surface area contributed by atoms with Gasteiger partial charge in [-0.1, -0.05) is 86.3 Å². The quantitative estimate of drug-likeness (QED) is 0.0431. The van der Waals surface area contributed by atoms with Crippen LogP contribution in [0.15, 0.2) is 60.7 Å². The van der Waals surface area contributed by atoms with Gasteiger partial charge in [0.1, 0.15) is 78.2 Å². The Labute approximate surface area is 393 Å². The summed E-state index contributed by atoms with van der Waals surface area (Å²) < 4.78 is 39.1. The van der Waals surface area contributed by atoms with Crippen molar-refractivity contribution in [2.75, 3.05) is 67.1 Å². The molecule has 2 amide bonds. The van der Waals surface area contributed by atoms with E-state index in [-0.39, 0.29) is 63.9 Å². The number of rotatable bonds is 36. The average molecular weight is 963 g/mol. The van der Waals surface area contributed by atoms with Gasteiger partial charge in [0.25, 0.3) is 0 Å². The molecule has 0 spiro atoms. The number of carboxylic acid groups (broad SMARTS) is 2. The number of unbranched alkanes of at least 4 members (excludes halogenated alkanes) is 4. The van der Waals surface area contributed by atoms with E-state index in [0.717, 1.165) is 11.1 Å². The zero-order chi connectivity index (χ0) is 50.4. The van der Waals surface area contributed by atoms with Crippen molar-refractivity contribution in [1.82, 2.24) is 10.6 Å². The second-order valence-electron chi connectivity index (χ2n) is 14.6. The van der Waals surface area contributed by atoms with Crippen LogP contribution in [-0.2, 0) is 99.1 Å². The van der Waals surface area contributed by atoms with E-state index >= 15 is 0 Å². The van der Waals surface area contributed by atoms with Gasteiger partial charge in [-0.15, -0.1) is 0 Å². The number of ketones is 2. The molecule has 4 N–H and O–H groups in total. The molecule has 0 aliphatic heterocycles. The summed E-state index contributed by atoms with van der Waals surface area (Å²) in [5.74, 6) is -6.36. The van der Waals surface area contributed by atoms with Gasteiger partial charge >= 0.3 is 35.8 Å². The number of carboxylic acids is 2. The smallest absolute Gasteiger partial charge is 0.332 e. The molecule has 0 fully saturated rings. The average Bonchev–Trinajstić information content (AvgIpc) is 3.31. The molecule has 0 bridgehead atoms. The van der Waals surface area contributed by atoms with Crippen molar-refractivity contribution < 1.29 is 96.1 Å². The third-order valence-corrected chi connectivity index (χ3v) is 8.91. The molecule has 2 rings (SSSR count). The van der Waals surface area contributed by atoms with Crippen LogP contribution in [0.5, 0.6) is 0 Å². The summed E-state index contributed by atoms with van der Waals surface area (Å²) in [6.45, 7) is -3.00. The number of Topliss-reactive ketones (excluding diaryl/α,β-unsaturated/α-hetero) is 2. The first kappa shape index (κ1) is 59.4. The van der Waals surface area contributed by atoms with Crippen LogP contribution in [0, 0.1) is 0 Å². The van der Waals surface area contributed by atoms with Crippen molar-refractivity contribution in [3.63, 3.8) is 0 Å². The first-order chi connectivity index (χ1) is 32.6. The van der Waals surface area contributed by atoms with Gasteiger partial charge in [0.15, 0.2) is 11.6 Å². The summed E-state index contributed by atoms with van der Waals surface area (Å²) in [6.07, 6.45) is 4.43. The maximum Gasteiger partial charge on any atom is 0.332 e. The van der Waals surface area contributed by atoms with E-state index in [4.69, 9.17) is 33.9 Å². The second-order valence-corrected chi connectivity index (χ2v) is 14.6. The molecule has 0 radical (unpaired) electrons. The number of aliphatic carboxylic acids is 2. The lowest BCUT2D eigenvalue weighted by Gasteiger charge is -2.16. The van der Waals surface area contributed by atoms with E-state index in [1.54, 1.807) is 0 Å². The zero-order valence-electron chi connectivity index (χ0n) is 38.3. The fraction of sp³-hybridized carbons (Fsp3) is 0.522. The highest BCUT2D eigenvalue weighted by Crippen LogP contribution is 2.10. The Kier molecular flexibility index (Phi) is 32.7. The van der Waals surface area contributed by atoms with E-state index in [9.17, 15) is 47.9 Å². The number of carbonyl (C=O) groups is 10. The van der Waals surface area contributed by atoms with Crippen LogP contribution in [0.1, 0.15) is 75.3 Å². The van der Waals surface area contributed by atoms with Gasteiger partial charge in [-0.2, -0.15) is 0 Å². The summed E-state index contributed by atoms with van der Waals surface area (Å²) in [6, 6.07) is 16.6. The minimum Gasteiger partial charge on any atom is -0.480 e. The molecule has 22 heteroatoms. The third-order valence-electron chi connectivity index (χ3n) is 8.91. The highest BCUT2D eigenvalue weighted by atomic mass is 16.6. The topological polar surface area (TPSA) is 309 Å². The van der Waals surface area contributed by atoms with Crippen molar-refractivity contribution in [1.29, 1.82) is 0 Å². The Morgan fingerprint density at radius 2 is 0.809 bits per heavy atom. The summed E-state index contributed by atoms with van der Waals surface area (Å²) >= 11 is 0. The largest absolute Gasteiger partial charge is 0.480 e. The number of amides is 2. The maximum absolute atomic E-state index is 12.2. The Hall–Kier alpha value is -6.62. The number of nitrogens with one attached hydrogen (secondary N) is 2. The van der Waals surface area contributed by atoms with Crippen molar-refractivity contribution in [3.8, 4) is 0 Å². The molecule has 0 aromatic heterocycles. The molecule has 22 nitrogen and oxygen atoms in total. The molecule has 0 aliphatic carbocycles. The second kappa shape index (κ2) is 37.5. The molecular weight excluding hydrogens is 900 g/mol. The summed E-state index contributed by atoms with van der Waals surface area (Å²) in [5, 5.41) is 21.8. The highest BCUT2D eigenvalue weighted by Gasteiger charge is 2.23. The lowest BCUT2D eigenvalue weighted by Crippen LogP contribution is -2.43. The molecular formula is C46H62N2O20. The first-order valence-electron chi connectivity index (χ1n) is 21.5. The minimum atomic E-state index is -1.21. The van der Waals surface area contributed by atoms with Gasteiger partial charge in [-0.05, 0) is 36.8 Å². The maximum atomic E-state index is 12.2. The molecule has 0 saturated carbocycles. The van der Waals surface area contributed by atoms with E-state index in [0.29, 0.717) is 44.9 Å². The minimum absolute atomic E-state index is 0.0993. The lowest BCUT2D eigenvalue weighted by molar-refractivity contribution is -0.152. The molecule has 0 heterocycles. The van der Waals surface area contributed by atoms with E-state index in [2.05, 4.69) is 24.8 Å². The Balaban J connectivity index is 0.000000744. The molecule has 0 aliphatic rings. The molecule has 0 saturated heterocycles. The van der Waals surface area contributed by atoms with Gasteiger partial charge in [0.05, 0.1) is 14.2 Å².